The van der Waals surface area contributed by atoms with Crippen LogP contribution in [0.25, 0.3) is 10.2 Å². The van der Waals surface area contributed by atoms with E-state index in [1.807, 2.05) is 6.92 Å². The molecule has 0 radical (unpaired) electrons. The lowest BCUT2D eigenvalue weighted by Crippen LogP contribution is -2.46. The summed E-state index contributed by atoms with van der Waals surface area (Å²) in [6.45, 7) is 5.39. The largest absolute Gasteiger partial charge is 0.353 e. The van der Waals surface area contributed by atoms with E-state index in [1.54, 1.807) is 22.8 Å². The molecule has 1 aromatic heterocycles. The number of aromatic nitrogens is 1. The van der Waals surface area contributed by atoms with Crippen LogP contribution in [0, 0.1) is 11.8 Å². The van der Waals surface area contributed by atoms with E-state index in [0.29, 0.717) is 37.2 Å². The Bertz CT molecular complexity index is 1110. The van der Waals surface area contributed by atoms with E-state index < -0.39 is 10.0 Å². The molecule has 2 heterocycles. The number of amides is 1. The lowest BCUT2D eigenvalue weighted by molar-refractivity contribution is -0.127. The molecule has 1 aliphatic carbocycles. The molecule has 1 N–H and O–H groups in total. The van der Waals surface area contributed by atoms with Crippen LogP contribution in [-0.4, -0.2) is 42.3 Å². The van der Waals surface area contributed by atoms with E-state index in [0.717, 1.165) is 48.5 Å². The second-order valence-electron chi connectivity index (χ2n) is 8.89. The van der Waals surface area contributed by atoms with Gasteiger partial charge >= 0.3 is 4.87 Å². The topological polar surface area (TPSA) is 88.5 Å². The Morgan fingerprint density at radius 1 is 1.13 bits per heavy atom. The maximum Gasteiger partial charge on any atom is 0.308 e. The van der Waals surface area contributed by atoms with Gasteiger partial charge in [0.05, 0.1) is 15.1 Å². The minimum Gasteiger partial charge on any atom is -0.353 e. The summed E-state index contributed by atoms with van der Waals surface area (Å²) in [7, 11) is -3.65. The Morgan fingerprint density at radius 2 is 1.81 bits per heavy atom. The molecule has 1 saturated heterocycles. The molecule has 0 spiro atoms. The van der Waals surface area contributed by atoms with Gasteiger partial charge in [-0.15, -0.1) is 0 Å². The van der Waals surface area contributed by atoms with Gasteiger partial charge in [0.1, 0.15) is 0 Å². The number of piperidine rings is 1. The number of hydrogen-bond donors (Lipinski definition) is 1. The molecule has 2 aliphatic rings. The predicted octanol–water partition coefficient (Wildman–Crippen LogP) is 3.18. The summed E-state index contributed by atoms with van der Waals surface area (Å²) in [5.41, 5.74) is 0.768. The summed E-state index contributed by atoms with van der Waals surface area (Å²) in [6.07, 6.45) is 5.46. The Labute approximate surface area is 187 Å². The van der Waals surface area contributed by atoms with Crippen molar-refractivity contribution in [2.24, 2.45) is 11.8 Å². The molecular weight excluding hydrogens is 434 g/mol. The average Bonchev–Trinajstić information content (AvgIpc) is 3.09. The van der Waals surface area contributed by atoms with Gasteiger partial charge in [0.2, 0.25) is 15.9 Å². The number of sulfonamides is 1. The normalized spacial score (nSPS) is 23.8. The molecule has 2 aromatic rings. The number of rotatable bonds is 5. The fourth-order valence-electron chi connectivity index (χ4n) is 4.74. The maximum atomic E-state index is 13.2. The lowest BCUT2D eigenvalue weighted by atomic mass is 9.87. The SMILES string of the molecule is CCn1c(=O)sc2cc(S(=O)(=O)N3CCC(C(=O)NC4CCC(C)CC4)CC3)ccc21. The van der Waals surface area contributed by atoms with Gasteiger partial charge in [-0.3, -0.25) is 14.2 Å². The number of carbonyl (C=O) groups is 1. The number of hydrogen-bond acceptors (Lipinski definition) is 5. The van der Waals surface area contributed by atoms with Crippen LogP contribution in [0.15, 0.2) is 27.9 Å². The van der Waals surface area contributed by atoms with Crippen molar-refractivity contribution in [3.8, 4) is 0 Å². The molecule has 7 nitrogen and oxygen atoms in total. The summed E-state index contributed by atoms with van der Waals surface area (Å²) in [6, 6.07) is 5.17. The van der Waals surface area contributed by atoms with Crippen LogP contribution in [0.5, 0.6) is 0 Å². The van der Waals surface area contributed by atoms with Crippen LogP contribution in [-0.2, 0) is 21.4 Å². The zero-order chi connectivity index (χ0) is 22.2. The number of aryl methyl sites for hydroxylation is 1. The van der Waals surface area contributed by atoms with Crippen LogP contribution in [0.4, 0.5) is 0 Å². The zero-order valence-corrected chi connectivity index (χ0v) is 19.8. The van der Waals surface area contributed by atoms with Gasteiger partial charge in [-0.25, -0.2) is 8.42 Å². The second-order valence-corrected chi connectivity index (χ2v) is 11.8. The van der Waals surface area contributed by atoms with E-state index in [4.69, 9.17) is 0 Å². The van der Waals surface area contributed by atoms with Gasteiger partial charge in [0, 0.05) is 31.6 Å². The zero-order valence-electron chi connectivity index (χ0n) is 18.2. The number of fused-ring (bicyclic) bond motifs is 1. The minimum atomic E-state index is -3.65. The number of benzene rings is 1. The third-order valence-corrected chi connectivity index (χ3v) is 9.62. The molecule has 0 bridgehead atoms. The number of thiazole rings is 1. The lowest BCUT2D eigenvalue weighted by Gasteiger charge is -2.33. The van der Waals surface area contributed by atoms with Gasteiger partial charge < -0.3 is 5.32 Å². The summed E-state index contributed by atoms with van der Waals surface area (Å²) >= 11 is 1.07. The molecular formula is C22H31N3O4S2. The first-order chi connectivity index (χ1) is 14.8. The van der Waals surface area contributed by atoms with Crippen molar-refractivity contribution in [1.82, 2.24) is 14.2 Å². The molecule has 2 fully saturated rings. The summed E-state index contributed by atoms with van der Waals surface area (Å²) in [4.78, 5) is 24.9. The Balaban J connectivity index is 1.40. The predicted molar refractivity (Wildman–Crippen MR) is 123 cm³/mol. The standard InChI is InChI=1S/C22H31N3O4S2/c1-3-25-19-9-8-18(14-20(19)30-22(25)27)31(28,29)24-12-10-16(11-13-24)21(26)23-17-6-4-15(2)5-7-17/h8-9,14-17H,3-7,10-13H2,1-2H3,(H,23,26). The molecule has 1 saturated carbocycles. The van der Waals surface area contributed by atoms with E-state index in [1.165, 1.54) is 4.31 Å². The van der Waals surface area contributed by atoms with Crippen LogP contribution in [0.2, 0.25) is 0 Å². The summed E-state index contributed by atoms with van der Waals surface area (Å²) in [5, 5.41) is 3.19. The Hall–Kier alpha value is -1.71. The maximum absolute atomic E-state index is 13.2. The first kappa shape index (κ1) is 22.5. The number of nitrogens with zero attached hydrogens (tertiary/aromatic N) is 2. The molecule has 0 unspecified atom stereocenters. The molecule has 1 aromatic carbocycles. The molecule has 31 heavy (non-hydrogen) atoms. The highest BCUT2D eigenvalue weighted by atomic mass is 32.2. The van der Waals surface area contributed by atoms with Gasteiger partial charge in [0.15, 0.2) is 0 Å². The van der Waals surface area contributed by atoms with Crippen LogP contribution in [0.1, 0.15) is 52.4 Å². The highest BCUT2D eigenvalue weighted by Crippen LogP contribution is 2.28. The quantitative estimate of drug-likeness (QED) is 0.735. The monoisotopic (exact) mass is 465 g/mol. The Kier molecular flexibility index (Phi) is 6.55. The van der Waals surface area contributed by atoms with Gasteiger partial charge in [-0.2, -0.15) is 4.31 Å². The molecule has 0 atom stereocenters. The molecule has 4 rings (SSSR count). The molecule has 1 aliphatic heterocycles. The number of nitrogens with one attached hydrogen (secondary N) is 1. The van der Waals surface area contributed by atoms with Crippen LogP contribution in [0.3, 0.4) is 0 Å². The van der Waals surface area contributed by atoms with Gasteiger partial charge in [0.25, 0.3) is 0 Å². The van der Waals surface area contributed by atoms with Crippen molar-refractivity contribution in [2.45, 2.75) is 69.9 Å². The smallest absolute Gasteiger partial charge is 0.308 e. The highest BCUT2D eigenvalue weighted by molar-refractivity contribution is 7.89. The fraction of sp³-hybridized carbons (Fsp3) is 0.636. The molecule has 9 heteroatoms. The number of carbonyl (C=O) groups excluding carboxylic acids is 1. The summed E-state index contributed by atoms with van der Waals surface area (Å²) in [5.74, 6) is 0.684. The first-order valence-electron chi connectivity index (χ1n) is 11.2. The third kappa shape index (κ3) is 4.59. The highest BCUT2D eigenvalue weighted by Gasteiger charge is 2.33. The van der Waals surface area contributed by atoms with E-state index in [2.05, 4.69) is 12.2 Å². The van der Waals surface area contributed by atoms with Crippen molar-refractivity contribution in [3.63, 3.8) is 0 Å². The van der Waals surface area contributed by atoms with Crippen molar-refractivity contribution in [1.29, 1.82) is 0 Å². The van der Waals surface area contributed by atoms with E-state index >= 15 is 0 Å². The van der Waals surface area contributed by atoms with E-state index in [-0.39, 0.29) is 27.6 Å². The van der Waals surface area contributed by atoms with Crippen LogP contribution >= 0.6 is 11.3 Å². The molecule has 1 amide bonds. The van der Waals surface area contributed by atoms with Crippen LogP contribution < -0.4 is 10.2 Å². The van der Waals surface area contributed by atoms with Crippen molar-refractivity contribution >= 4 is 37.5 Å². The van der Waals surface area contributed by atoms with Crippen molar-refractivity contribution in [3.05, 3.63) is 27.9 Å². The molecule has 170 valence electrons. The minimum absolute atomic E-state index is 0.0729. The first-order valence-corrected chi connectivity index (χ1v) is 13.5. The van der Waals surface area contributed by atoms with E-state index in [9.17, 15) is 18.0 Å². The van der Waals surface area contributed by atoms with Crippen molar-refractivity contribution in [2.75, 3.05) is 13.1 Å². The van der Waals surface area contributed by atoms with Crippen molar-refractivity contribution < 1.29 is 13.2 Å². The average molecular weight is 466 g/mol. The van der Waals surface area contributed by atoms with Gasteiger partial charge in [-0.05, 0) is 69.6 Å². The van der Waals surface area contributed by atoms with Gasteiger partial charge in [-0.1, -0.05) is 18.3 Å². The second kappa shape index (κ2) is 9.03. The summed E-state index contributed by atoms with van der Waals surface area (Å²) < 4.78 is 30.1. The third-order valence-electron chi connectivity index (χ3n) is 6.78. The Morgan fingerprint density at radius 3 is 2.45 bits per heavy atom. The fourth-order valence-corrected chi connectivity index (χ4v) is 7.30.